The Labute approximate surface area is 81.3 Å². The Morgan fingerprint density at radius 2 is 1.58 bits per heavy atom. The van der Waals surface area contributed by atoms with Crippen molar-refractivity contribution in [1.29, 1.82) is 0 Å². The van der Waals surface area contributed by atoms with Crippen LogP contribution in [0, 0.1) is 0 Å². The van der Waals surface area contributed by atoms with E-state index in [1.807, 2.05) is 30.3 Å². The molecule has 0 aliphatic rings. The van der Waals surface area contributed by atoms with Gasteiger partial charge < -0.3 is 8.85 Å². The van der Waals surface area contributed by atoms with Gasteiger partial charge in [-0.1, -0.05) is 45.6 Å². The fourth-order valence-corrected chi connectivity index (χ4v) is 2.98. The lowest BCUT2D eigenvalue weighted by atomic mass is 10.4. The first kappa shape index (κ1) is 9.92. The van der Waals surface area contributed by atoms with E-state index >= 15 is 0 Å². The van der Waals surface area contributed by atoms with Crippen molar-refractivity contribution >= 4 is 27.7 Å². The number of halogens is 1. The van der Waals surface area contributed by atoms with E-state index in [1.165, 1.54) is 0 Å². The number of benzene rings is 1. The highest BCUT2D eigenvalue weighted by Gasteiger charge is 2.34. The van der Waals surface area contributed by atoms with Gasteiger partial charge in [0.05, 0.1) is 0 Å². The lowest BCUT2D eigenvalue weighted by Gasteiger charge is -2.19. The third kappa shape index (κ3) is 1.95. The zero-order chi connectivity index (χ0) is 9.03. The molecule has 0 unspecified atom stereocenters. The number of hydrogen-bond donors (Lipinski definition) is 0. The van der Waals surface area contributed by atoms with Crippen LogP contribution in [0.3, 0.4) is 0 Å². The molecule has 1 aromatic carbocycles. The molecule has 12 heavy (non-hydrogen) atoms. The first-order valence-electron chi connectivity index (χ1n) is 3.57. The van der Waals surface area contributed by atoms with Crippen molar-refractivity contribution in [3.8, 4) is 0 Å². The van der Waals surface area contributed by atoms with Crippen molar-refractivity contribution in [2.24, 2.45) is 0 Å². The third-order valence-electron chi connectivity index (χ3n) is 1.64. The SMILES string of the molecule is CO[Si](Br)(OC)c1ccccc1. The minimum Gasteiger partial charge on any atom is -0.386 e. The predicted octanol–water partition coefficient (Wildman–Crippen LogP) is 1.52. The lowest BCUT2D eigenvalue weighted by Crippen LogP contribution is -2.46. The molecule has 0 bridgehead atoms. The minimum atomic E-state index is -2.26. The molecule has 0 atom stereocenters. The maximum atomic E-state index is 5.31. The summed E-state index contributed by atoms with van der Waals surface area (Å²) in [6, 6.07) is 9.89. The maximum Gasteiger partial charge on any atom is 0.448 e. The lowest BCUT2D eigenvalue weighted by molar-refractivity contribution is 0.285. The van der Waals surface area contributed by atoms with E-state index in [0.717, 1.165) is 5.19 Å². The summed E-state index contributed by atoms with van der Waals surface area (Å²) in [6.45, 7) is 0. The van der Waals surface area contributed by atoms with E-state index in [-0.39, 0.29) is 0 Å². The Hall–Kier alpha value is -0.163. The molecule has 0 saturated carbocycles. The average molecular weight is 247 g/mol. The van der Waals surface area contributed by atoms with Crippen molar-refractivity contribution < 1.29 is 8.85 Å². The van der Waals surface area contributed by atoms with Gasteiger partial charge in [-0.05, 0) is 0 Å². The van der Waals surface area contributed by atoms with Gasteiger partial charge in [0, 0.05) is 19.4 Å². The van der Waals surface area contributed by atoms with Crippen LogP contribution in [0.25, 0.3) is 0 Å². The quantitative estimate of drug-likeness (QED) is 0.595. The summed E-state index contributed by atoms with van der Waals surface area (Å²) in [7, 11) is 1.04. The van der Waals surface area contributed by atoms with Gasteiger partial charge in [0.15, 0.2) is 0 Å². The molecule has 0 amide bonds. The van der Waals surface area contributed by atoms with Crippen LogP contribution >= 0.6 is 15.3 Å². The maximum absolute atomic E-state index is 5.31. The van der Waals surface area contributed by atoms with Gasteiger partial charge in [0.2, 0.25) is 0 Å². The fourth-order valence-electron chi connectivity index (χ4n) is 0.956. The molecule has 0 radical (unpaired) electrons. The van der Waals surface area contributed by atoms with E-state index in [9.17, 15) is 0 Å². The van der Waals surface area contributed by atoms with E-state index in [2.05, 4.69) is 15.3 Å². The van der Waals surface area contributed by atoms with E-state index in [4.69, 9.17) is 8.85 Å². The van der Waals surface area contributed by atoms with Gasteiger partial charge in [0.1, 0.15) is 0 Å². The predicted molar refractivity (Wildman–Crippen MR) is 54.8 cm³/mol. The van der Waals surface area contributed by atoms with Crippen LogP contribution in [0.4, 0.5) is 0 Å². The molecule has 0 aliphatic carbocycles. The summed E-state index contributed by atoms with van der Waals surface area (Å²) >= 11 is 3.49. The number of rotatable bonds is 3. The van der Waals surface area contributed by atoms with E-state index in [0.29, 0.717) is 0 Å². The molecule has 66 valence electrons. The average Bonchev–Trinajstić information content (AvgIpc) is 2.18. The molecule has 0 aliphatic heterocycles. The van der Waals surface area contributed by atoms with Crippen LogP contribution in [-0.4, -0.2) is 21.4 Å². The van der Waals surface area contributed by atoms with Crippen LogP contribution in [0.15, 0.2) is 30.3 Å². The second kappa shape index (κ2) is 4.18. The standard InChI is InChI=1S/C8H11BrO2Si/c1-10-12(9,11-2)8-6-4-3-5-7-8/h3-7H,1-2H3. The Morgan fingerprint density at radius 1 is 1.08 bits per heavy atom. The van der Waals surface area contributed by atoms with Crippen molar-refractivity contribution in [2.75, 3.05) is 14.2 Å². The summed E-state index contributed by atoms with van der Waals surface area (Å²) in [6.07, 6.45) is 0. The Balaban J connectivity index is 2.95. The Morgan fingerprint density at radius 3 is 2.00 bits per heavy atom. The highest BCUT2D eigenvalue weighted by Crippen LogP contribution is 2.12. The molecule has 4 heteroatoms. The van der Waals surface area contributed by atoms with Crippen LogP contribution in [0.1, 0.15) is 0 Å². The van der Waals surface area contributed by atoms with Crippen LogP contribution in [-0.2, 0) is 8.85 Å². The van der Waals surface area contributed by atoms with Gasteiger partial charge in [-0.2, -0.15) is 0 Å². The smallest absolute Gasteiger partial charge is 0.386 e. The molecule has 0 spiro atoms. The Bertz CT molecular complexity index is 236. The second-order valence-corrected chi connectivity index (χ2v) is 7.91. The summed E-state index contributed by atoms with van der Waals surface area (Å²) in [4.78, 5) is 0. The molecule has 2 nitrogen and oxygen atoms in total. The van der Waals surface area contributed by atoms with Gasteiger partial charge in [-0.25, -0.2) is 0 Å². The monoisotopic (exact) mass is 246 g/mol. The zero-order valence-electron chi connectivity index (χ0n) is 7.08. The van der Waals surface area contributed by atoms with Gasteiger partial charge in [-0.15, -0.1) is 0 Å². The second-order valence-electron chi connectivity index (χ2n) is 2.31. The van der Waals surface area contributed by atoms with Gasteiger partial charge in [0.25, 0.3) is 0 Å². The summed E-state index contributed by atoms with van der Waals surface area (Å²) in [5.41, 5.74) is 0. The summed E-state index contributed by atoms with van der Waals surface area (Å²) in [5.74, 6) is 0. The minimum absolute atomic E-state index is 1.08. The highest BCUT2D eigenvalue weighted by molar-refractivity contribution is 9.26. The van der Waals surface area contributed by atoms with Crippen LogP contribution in [0.5, 0.6) is 0 Å². The molecule has 1 aromatic rings. The summed E-state index contributed by atoms with van der Waals surface area (Å²) < 4.78 is 10.6. The molecular weight excluding hydrogens is 236 g/mol. The van der Waals surface area contributed by atoms with Crippen LogP contribution in [0.2, 0.25) is 0 Å². The first-order valence-corrected chi connectivity index (χ1v) is 7.65. The van der Waals surface area contributed by atoms with E-state index < -0.39 is 7.18 Å². The highest BCUT2D eigenvalue weighted by atomic mass is 79.9. The molecular formula is C8H11BrO2Si. The molecule has 0 heterocycles. The fraction of sp³-hybridized carbons (Fsp3) is 0.250. The van der Waals surface area contributed by atoms with Gasteiger partial charge >= 0.3 is 7.18 Å². The molecule has 0 saturated heterocycles. The van der Waals surface area contributed by atoms with Crippen molar-refractivity contribution in [3.05, 3.63) is 30.3 Å². The van der Waals surface area contributed by atoms with Crippen molar-refractivity contribution in [3.63, 3.8) is 0 Å². The normalized spacial score (nSPS) is 11.6. The van der Waals surface area contributed by atoms with Gasteiger partial charge in [-0.3, -0.25) is 0 Å². The summed E-state index contributed by atoms with van der Waals surface area (Å²) in [5, 5.41) is 1.08. The van der Waals surface area contributed by atoms with Crippen molar-refractivity contribution in [1.82, 2.24) is 0 Å². The molecule has 0 N–H and O–H groups in total. The third-order valence-corrected chi connectivity index (χ3v) is 7.03. The van der Waals surface area contributed by atoms with Crippen molar-refractivity contribution in [2.45, 2.75) is 0 Å². The number of hydrogen-bond acceptors (Lipinski definition) is 2. The zero-order valence-corrected chi connectivity index (χ0v) is 9.67. The van der Waals surface area contributed by atoms with E-state index in [1.54, 1.807) is 14.2 Å². The Kier molecular flexibility index (Phi) is 3.46. The first-order chi connectivity index (χ1) is 5.73. The topological polar surface area (TPSA) is 18.5 Å². The van der Waals surface area contributed by atoms with Crippen LogP contribution < -0.4 is 5.19 Å². The molecule has 1 rings (SSSR count). The largest absolute Gasteiger partial charge is 0.448 e. The molecule has 0 fully saturated rings. The molecule has 0 aromatic heterocycles.